The summed E-state index contributed by atoms with van der Waals surface area (Å²) >= 11 is 0. The minimum Gasteiger partial charge on any atom is -0.482 e. The van der Waals surface area contributed by atoms with Crippen LogP contribution >= 0.6 is 0 Å². The molecule has 1 heterocycles. The lowest BCUT2D eigenvalue weighted by Crippen LogP contribution is -2.39. The van der Waals surface area contributed by atoms with Crippen LogP contribution in [0.15, 0.2) is 30.4 Å². The van der Waals surface area contributed by atoms with E-state index in [-0.39, 0.29) is 18.1 Å². The number of aliphatic carboxylic acids is 1. The van der Waals surface area contributed by atoms with Gasteiger partial charge in [-0.2, -0.15) is 0 Å². The van der Waals surface area contributed by atoms with Crippen LogP contribution in [0.5, 0.6) is 17.2 Å². The van der Waals surface area contributed by atoms with Crippen LogP contribution in [-0.2, 0) is 4.79 Å². The van der Waals surface area contributed by atoms with Crippen LogP contribution in [0.25, 0.3) is 0 Å². The van der Waals surface area contributed by atoms with E-state index in [4.69, 9.17) is 19.3 Å². The molecule has 3 aliphatic rings. The normalized spacial score (nSPS) is 30.4. The zero-order chi connectivity index (χ0) is 19.7. The summed E-state index contributed by atoms with van der Waals surface area (Å²) in [5, 5.41) is 29.7. The number of rotatable bonds is 6. The minimum atomic E-state index is -1.07. The average Bonchev–Trinajstić information content (AvgIpc) is 3.30. The fourth-order valence-electron chi connectivity index (χ4n) is 4.46. The maximum Gasteiger partial charge on any atom is 0.341 e. The first kappa shape index (κ1) is 19.1. The summed E-state index contributed by atoms with van der Waals surface area (Å²) in [5.74, 6) is 0.0837. The first-order valence-corrected chi connectivity index (χ1v) is 9.88. The summed E-state index contributed by atoms with van der Waals surface area (Å²) in [6.07, 6.45) is 6.56. The topological polar surface area (TPSA) is 105 Å². The Hall–Kier alpha value is -2.25. The van der Waals surface area contributed by atoms with Crippen molar-refractivity contribution in [3.63, 3.8) is 0 Å². The average molecular weight is 390 g/mol. The smallest absolute Gasteiger partial charge is 0.341 e. The van der Waals surface area contributed by atoms with E-state index in [1.165, 1.54) is 0 Å². The van der Waals surface area contributed by atoms with Gasteiger partial charge < -0.3 is 29.5 Å². The van der Waals surface area contributed by atoms with Gasteiger partial charge in [0.05, 0.1) is 12.2 Å². The van der Waals surface area contributed by atoms with Crippen molar-refractivity contribution in [2.24, 2.45) is 11.8 Å². The van der Waals surface area contributed by atoms with Crippen molar-refractivity contribution in [2.45, 2.75) is 56.5 Å². The molecule has 1 aromatic carbocycles. The maximum atomic E-state index is 10.8. The standard InChI is InChI=1S/C21H26O7/c22-14(12-4-1-2-5-12)9-8-13-15(23)10-18-20(13)27-17-7-3-6-16(21(17)28-18)26-11-19(24)25/h3,6-9,12-15,18,20,22-23H,1-2,4-5,10-11H2,(H,24,25). The van der Waals surface area contributed by atoms with E-state index in [2.05, 4.69) is 0 Å². The molecule has 0 aromatic heterocycles. The van der Waals surface area contributed by atoms with E-state index in [0.717, 1.165) is 25.7 Å². The van der Waals surface area contributed by atoms with Gasteiger partial charge in [0.15, 0.2) is 18.1 Å². The van der Waals surface area contributed by atoms with Crippen LogP contribution in [0, 0.1) is 11.8 Å². The molecule has 1 aromatic rings. The molecule has 2 saturated carbocycles. The highest BCUT2D eigenvalue weighted by Crippen LogP contribution is 2.46. The van der Waals surface area contributed by atoms with E-state index in [1.807, 2.05) is 6.08 Å². The Labute approximate surface area is 163 Å². The van der Waals surface area contributed by atoms with E-state index in [9.17, 15) is 15.0 Å². The molecule has 0 bridgehead atoms. The molecule has 1 aliphatic heterocycles. The van der Waals surface area contributed by atoms with Gasteiger partial charge in [-0.05, 0) is 30.9 Å². The Morgan fingerprint density at radius 3 is 2.82 bits per heavy atom. The van der Waals surface area contributed by atoms with Crippen molar-refractivity contribution in [2.75, 3.05) is 6.61 Å². The highest BCUT2D eigenvalue weighted by Gasteiger charge is 2.48. The van der Waals surface area contributed by atoms with Gasteiger partial charge >= 0.3 is 5.97 Å². The molecular formula is C21H26O7. The molecule has 2 aliphatic carbocycles. The van der Waals surface area contributed by atoms with Crippen LogP contribution in [0.3, 0.4) is 0 Å². The molecule has 28 heavy (non-hydrogen) atoms. The van der Waals surface area contributed by atoms with E-state index in [0.29, 0.717) is 29.6 Å². The fourth-order valence-corrected chi connectivity index (χ4v) is 4.46. The molecule has 5 atom stereocenters. The monoisotopic (exact) mass is 390 g/mol. The Kier molecular flexibility index (Phi) is 5.46. The van der Waals surface area contributed by atoms with Gasteiger partial charge in [-0.25, -0.2) is 4.79 Å². The number of hydrogen-bond donors (Lipinski definition) is 3. The fraction of sp³-hybridized carbons (Fsp3) is 0.571. The number of carboxylic acid groups (broad SMARTS) is 1. The number of carbonyl (C=O) groups is 1. The van der Waals surface area contributed by atoms with Gasteiger partial charge in [0.25, 0.3) is 0 Å². The summed E-state index contributed by atoms with van der Waals surface area (Å²) in [6, 6.07) is 5.07. The molecule has 2 fully saturated rings. The van der Waals surface area contributed by atoms with E-state index < -0.39 is 24.8 Å². The van der Waals surface area contributed by atoms with E-state index in [1.54, 1.807) is 24.3 Å². The molecule has 0 saturated heterocycles. The number of hydrogen-bond acceptors (Lipinski definition) is 6. The van der Waals surface area contributed by atoms with Crippen molar-refractivity contribution in [1.82, 2.24) is 0 Å². The molecule has 3 N–H and O–H groups in total. The molecular weight excluding hydrogens is 364 g/mol. The Morgan fingerprint density at radius 2 is 2.07 bits per heavy atom. The summed E-state index contributed by atoms with van der Waals surface area (Å²) in [6.45, 7) is -0.471. The van der Waals surface area contributed by atoms with Crippen molar-refractivity contribution >= 4 is 5.97 Å². The lowest BCUT2D eigenvalue weighted by molar-refractivity contribution is -0.139. The van der Waals surface area contributed by atoms with Crippen LogP contribution < -0.4 is 14.2 Å². The first-order valence-electron chi connectivity index (χ1n) is 9.88. The third-order valence-corrected chi connectivity index (χ3v) is 5.90. The predicted molar refractivity (Wildman–Crippen MR) is 99.6 cm³/mol. The van der Waals surface area contributed by atoms with Gasteiger partial charge in [0.1, 0.15) is 12.2 Å². The molecule has 0 spiro atoms. The third kappa shape index (κ3) is 3.82. The van der Waals surface area contributed by atoms with Gasteiger partial charge in [0, 0.05) is 12.3 Å². The maximum absolute atomic E-state index is 10.8. The number of carboxylic acids is 1. The largest absolute Gasteiger partial charge is 0.482 e. The lowest BCUT2D eigenvalue weighted by Gasteiger charge is -2.32. The highest BCUT2D eigenvalue weighted by molar-refractivity contribution is 5.68. The second kappa shape index (κ2) is 8.01. The molecule has 152 valence electrons. The molecule has 0 radical (unpaired) electrons. The second-order valence-electron chi connectivity index (χ2n) is 7.81. The second-order valence-corrected chi connectivity index (χ2v) is 7.81. The van der Waals surface area contributed by atoms with E-state index >= 15 is 0 Å². The zero-order valence-electron chi connectivity index (χ0n) is 15.6. The predicted octanol–water partition coefficient (Wildman–Crippen LogP) is 2.15. The SMILES string of the molecule is O=C(O)COc1cccc2c1OC1CC(O)C(C=CC(O)C3CCCC3)C1O2. The number of aliphatic hydroxyl groups is 2. The molecule has 7 heteroatoms. The van der Waals surface area contributed by atoms with Gasteiger partial charge in [-0.15, -0.1) is 0 Å². The zero-order valence-corrected chi connectivity index (χ0v) is 15.6. The Bertz CT molecular complexity index is 740. The highest BCUT2D eigenvalue weighted by atomic mass is 16.6. The molecule has 5 unspecified atom stereocenters. The van der Waals surface area contributed by atoms with Crippen LogP contribution in [0.4, 0.5) is 0 Å². The number of ether oxygens (including phenoxy) is 3. The number of aliphatic hydroxyl groups excluding tert-OH is 2. The van der Waals surface area contributed by atoms with Gasteiger partial charge in [-0.1, -0.05) is 31.1 Å². The Morgan fingerprint density at radius 1 is 1.29 bits per heavy atom. The van der Waals surface area contributed by atoms with Crippen molar-refractivity contribution < 1.29 is 34.3 Å². The van der Waals surface area contributed by atoms with Crippen LogP contribution in [0.2, 0.25) is 0 Å². The summed E-state index contributed by atoms with van der Waals surface area (Å²) in [5.41, 5.74) is 0. The summed E-state index contributed by atoms with van der Waals surface area (Å²) in [7, 11) is 0. The van der Waals surface area contributed by atoms with Gasteiger partial charge in [-0.3, -0.25) is 0 Å². The van der Waals surface area contributed by atoms with Crippen molar-refractivity contribution in [3.05, 3.63) is 30.4 Å². The lowest BCUT2D eigenvalue weighted by atomic mass is 9.96. The van der Waals surface area contributed by atoms with Crippen LogP contribution in [0.1, 0.15) is 32.1 Å². The Balaban J connectivity index is 1.48. The molecule has 4 rings (SSSR count). The number of fused-ring (bicyclic) bond motifs is 2. The van der Waals surface area contributed by atoms with Gasteiger partial charge in [0.2, 0.25) is 5.75 Å². The minimum absolute atomic E-state index is 0.280. The van der Waals surface area contributed by atoms with Crippen LogP contribution in [-0.4, -0.2) is 52.3 Å². The first-order chi connectivity index (χ1) is 13.5. The summed E-state index contributed by atoms with van der Waals surface area (Å²) < 4.78 is 17.4. The molecule has 7 nitrogen and oxygen atoms in total. The van der Waals surface area contributed by atoms with Crippen molar-refractivity contribution in [3.8, 4) is 17.2 Å². The third-order valence-electron chi connectivity index (χ3n) is 5.90. The molecule has 0 amide bonds. The van der Waals surface area contributed by atoms with Crippen molar-refractivity contribution in [1.29, 1.82) is 0 Å². The summed E-state index contributed by atoms with van der Waals surface area (Å²) in [4.78, 5) is 10.8. The number of para-hydroxylation sites is 1. The number of benzene rings is 1. The quantitative estimate of drug-likeness (QED) is 0.639.